The van der Waals surface area contributed by atoms with Crippen LogP contribution in [0.25, 0.3) is 5.00 Å². The van der Waals surface area contributed by atoms with Crippen LogP contribution < -0.4 is 20.7 Å². The van der Waals surface area contributed by atoms with Gasteiger partial charge in [-0.1, -0.05) is 29.8 Å². The van der Waals surface area contributed by atoms with E-state index in [1.165, 1.54) is 29.5 Å². The van der Waals surface area contributed by atoms with Gasteiger partial charge in [0.2, 0.25) is 11.8 Å². The first kappa shape index (κ1) is 35.7. The van der Waals surface area contributed by atoms with E-state index < -0.39 is 42.2 Å². The second kappa shape index (κ2) is 14.7. The molecule has 17 heteroatoms. The molecule has 272 valence electrons. The Labute approximate surface area is 311 Å². The topological polar surface area (TPSA) is 194 Å². The Balaban J connectivity index is 0.928. The summed E-state index contributed by atoms with van der Waals surface area (Å²) in [4.78, 5) is 83.1. The number of benzene rings is 2. The van der Waals surface area contributed by atoms with Gasteiger partial charge in [-0.3, -0.25) is 48.5 Å². The number of nitrogens with zero attached hydrogens (tertiary/aromatic N) is 5. The van der Waals surface area contributed by atoms with E-state index in [0.717, 1.165) is 20.3 Å². The van der Waals surface area contributed by atoms with Gasteiger partial charge in [-0.05, 0) is 57.4 Å². The summed E-state index contributed by atoms with van der Waals surface area (Å²) >= 11 is 7.64. The largest absolute Gasteiger partial charge is 0.483 e. The van der Waals surface area contributed by atoms with Crippen LogP contribution in [0.5, 0.6) is 5.75 Å². The van der Waals surface area contributed by atoms with Gasteiger partial charge < -0.3 is 15.4 Å². The fraction of sp³-hybridized carbons (Fsp3) is 0.306. The van der Waals surface area contributed by atoms with E-state index in [4.69, 9.17) is 21.3 Å². The zero-order chi connectivity index (χ0) is 37.4. The number of carbonyl (C=O) groups excluding carboxylic acids is 6. The molecule has 0 bridgehead atoms. The lowest BCUT2D eigenvalue weighted by atomic mass is 9.98. The fourth-order valence-electron chi connectivity index (χ4n) is 6.59. The molecule has 0 spiro atoms. The molecule has 3 aliphatic rings. The van der Waals surface area contributed by atoms with Gasteiger partial charge in [0.1, 0.15) is 29.2 Å². The molecular weight excluding hydrogens is 724 g/mol. The average molecular weight is 757 g/mol. The maximum atomic E-state index is 13.7. The van der Waals surface area contributed by atoms with E-state index in [1.54, 1.807) is 12.1 Å². The van der Waals surface area contributed by atoms with Crippen molar-refractivity contribution in [2.45, 2.75) is 52.1 Å². The minimum absolute atomic E-state index is 0.00249. The van der Waals surface area contributed by atoms with Gasteiger partial charge in [-0.2, -0.15) is 0 Å². The first-order valence-corrected chi connectivity index (χ1v) is 18.1. The lowest BCUT2D eigenvalue weighted by Gasteiger charge is -2.27. The van der Waals surface area contributed by atoms with Gasteiger partial charge >= 0.3 is 0 Å². The molecular formula is C36H33ClN8O7S. The molecule has 15 nitrogen and oxygen atoms in total. The van der Waals surface area contributed by atoms with E-state index >= 15 is 0 Å². The number of aryl methyl sites for hydroxylation is 2. The van der Waals surface area contributed by atoms with Crippen LogP contribution in [0.3, 0.4) is 0 Å². The van der Waals surface area contributed by atoms with Crippen molar-refractivity contribution < 1.29 is 33.5 Å². The quantitative estimate of drug-likeness (QED) is 0.152. The molecule has 0 saturated carbocycles. The van der Waals surface area contributed by atoms with E-state index in [2.05, 4.69) is 26.1 Å². The molecule has 1 atom stereocenters. The normalized spacial score (nSPS) is 16.3. The minimum Gasteiger partial charge on any atom is -0.483 e. The standard InChI is InChI=1S/C36H33ClN8O7S/c1-18-28(30-31(20-8-10-21(37)11-9-20)40-16-25-43-42-19(2)44(25)36(30)53-18)33(49)39-15-4-3-14-38-27(47)17-52-24-7-5-6-22-29(24)35(51)45(34(22)50)23-12-13-26(46)41-32(23)48/h5-11,23H,3-4,12-17H2,1-2H3,(H,38,47)(H,39,49)(H,41,46,48). The van der Waals surface area contributed by atoms with Crippen molar-refractivity contribution in [1.82, 2.24) is 35.6 Å². The number of hydrogen-bond donors (Lipinski definition) is 3. The summed E-state index contributed by atoms with van der Waals surface area (Å²) in [5.41, 5.74) is 2.75. The molecule has 0 radical (unpaired) electrons. The van der Waals surface area contributed by atoms with Crippen molar-refractivity contribution in [2.75, 3.05) is 19.7 Å². The summed E-state index contributed by atoms with van der Waals surface area (Å²) in [6.45, 7) is 4.31. The van der Waals surface area contributed by atoms with E-state index in [9.17, 15) is 28.8 Å². The van der Waals surface area contributed by atoms with Crippen LogP contribution in [0, 0.1) is 13.8 Å². The van der Waals surface area contributed by atoms with Crippen molar-refractivity contribution in [3.63, 3.8) is 0 Å². The highest BCUT2D eigenvalue weighted by Crippen LogP contribution is 2.37. The Kier molecular flexibility index (Phi) is 9.90. The maximum Gasteiger partial charge on any atom is 0.266 e. The van der Waals surface area contributed by atoms with Gasteiger partial charge in [0.05, 0.1) is 22.4 Å². The molecule has 4 aromatic rings. The number of unbranched alkanes of at least 4 members (excludes halogenated alkanes) is 1. The van der Waals surface area contributed by atoms with Crippen LogP contribution in [0.1, 0.15) is 84.4 Å². The number of hydrogen-bond acceptors (Lipinski definition) is 11. The Bertz CT molecular complexity index is 2230. The van der Waals surface area contributed by atoms with E-state index in [0.29, 0.717) is 66.0 Å². The fourth-order valence-corrected chi connectivity index (χ4v) is 7.93. The lowest BCUT2D eigenvalue weighted by Crippen LogP contribution is -2.54. The number of ether oxygens (including phenoxy) is 1. The molecule has 5 heterocycles. The first-order chi connectivity index (χ1) is 25.5. The van der Waals surface area contributed by atoms with Gasteiger partial charge in [0.15, 0.2) is 12.4 Å². The predicted molar refractivity (Wildman–Crippen MR) is 193 cm³/mol. The monoisotopic (exact) mass is 756 g/mol. The zero-order valence-electron chi connectivity index (χ0n) is 28.7. The first-order valence-electron chi connectivity index (χ1n) is 16.9. The maximum absolute atomic E-state index is 13.7. The summed E-state index contributed by atoms with van der Waals surface area (Å²) in [6, 6.07) is 10.7. The summed E-state index contributed by atoms with van der Waals surface area (Å²) in [5.74, 6) is -1.84. The number of amides is 6. The number of aliphatic imine (C=N–C) groups is 1. The summed E-state index contributed by atoms with van der Waals surface area (Å²) in [5, 5.41) is 17.9. The Morgan fingerprint density at radius 2 is 1.74 bits per heavy atom. The van der Waals surface area contributed by atoms with E-state index in [-0.39, 0.29) is 35.6 Å². The third-order valence-corrected chi connectivity index (χ3v) is 10.5. The highest BCUT2D eigenvalue weighted by atomic mass is 35.5. The Morgan fingerprint density at radius 3 is 2.49 bits per heavy atom. The van der Waals surface area contributed by atoms with Gasteiger partial charge in [-0.25, -0.2) is 0 Å². The van der Waals surface area contributed by atoms with Gasteiger partial charge in [-0.15, -0.1) is 21.5 Å². The Morgan fingerprint density at radius 1 is 0.981 bits per heavy atom. The molecule has 53 heavy (non-hydrogen) atoms. The third kappa shape index (κ3) is 6.82. The molecule has 2 aromatic carbocycles. The van der Waals surface area contributed by atoms with Crippen molar-refractivity contribution >= 4 is 64.1 Å². The van der Waals surface area contributed by atoms with Crippen molar-refractivity contribution in [2.24, 2.45) is 4.99 Å². The highest BCUT2D eigenvalue weighted by molar-refractivity contribution is 7.15. The number of rotatable bonds is 11. The number of piperidine rings is 1. The van der Waals surface area contributed by atoms with Crippen LogP contribution in [-0.4, -0.2) is 86.6 Å². The van der Waals surface area contributed by atoms with Crippen molar-refractivity contribution in [3.05, 3.63) is 91.8 Å². The third-order valence-electron chi connectivity index (χ3n) is 9.12. The van der Waals surface area contributed by atoms with Crippen LogP contribution in [0.2, 0.25) is 5.02 Å². The molecule has 6 amide bonds. The summed E-state index contributed by atoms with van der Waals surface area (Å²) < 4.78 is 7.59. The number of aromatic nitrogens is 3. The number of carbonyl (C=O) groups is 6. The Hall–Kier alpha value is -5.74. The van der Waals surface area contributed by atoms with Gasteiger partial charge in [0, 0.05) is 40.5 Å². The smallest absolute Gasteiger partial charge is 0.266 e. The SMILES string of the molecule is Cc1sc2c(c1C(=O)NCCCCNC(=O)COc1cccc3c1C(=O)N(C1CCC(=O)NC1=O)C3=O)C(c1ccc(Cl)cc1)=NCc1nnc(C)n1-2. The second-order valence-corrected chi connectivity index (χ2v) is 14.3. The number of fused-ring (bicyclic) bond motifs is 4. The van der Waals surface area contributed by atoms with Crippen LogP contribution in [0.4, 0.5) is 0 Å². The number of imide groups is 2. The van der Waals surface area contributed by atoms with Crippen LogP contribution in [0.15, 0.2) is 47.5 Å². The number of nitrogens with one attached hydrogen (secondary N) is 3. The molecule has 3 N–H and O–H groups in total. The number of thiophene rings is 1. The van der Waals surface area contributed by atoms with Crippen LogP contribution >= 0.6 is 22.9 Å². The summed E-state index contributed by atoms with van der Waals surface area (Å²) in [6.07, 6.45) is 1.16. The molecule has 1 fully saturated rings. The molecule has 1 unspecified atom stereocenters. The molecule has 0 aliphatic carbocycles. The van der Waals surface area contributed by atoms with E-state index in [1.807, 2.05) is 30.5 Å². The second-order valence-electron chi connectivity index (χ2n) is 12.6. The van der Waals surface area contributed by atoms with Gasteiger partial charge in [0.25, 0.3) is 23.6 Å². The molecule has 3 aliphatic heterocycles. The average Bonchev–Trinajstić information content (AvgIpc) is 3.72. The zero-order valence-corrected chi connectivity index (χ0v) is 30.2. The summed E-state index contributed by atoms with van der Waals surface area (Å²) in [7, 11) is 0. The van der Waals surface area contributed by atoms with Crippen molar-refractivity contribution in [1.29, 1.82) is 0 Å². The van der Waals surface area contributed by atoms with Crippen LogP contribution in [-0.2, 0) is 20.9 Å². The molecule has 1 saturated heterocycles. The molecule has 2 aromatic heterocycles. The minimum atomic E-state index is -1.11. The molecule has 7 rings (SSSR count). The van der Waals surface area contributed by atoms with Crippen molar-refractivity contribution in [3.8, 4) is 10.8 Å². The number of halogens is 1. The predicted octanol–water partition coefficient (Wildman–Crippen LogP) is 3.06. The highest BCUT2D eigenvalue weighted by Gasteiger charge is 2.46. The lowest BCUT2D eigenvalue weighted by molar-refractivity contribution is -0.136.